The van der Waals surface area contributed by atoms with Crippen molar-refractivity contribution in [3.05, 3.63) is 35.9 Å². The zero-order valence-corrected chi connectivity index (χ0v) is 12.6. The second-order valence-corrected chi connectivity index (χ2v) is 5.22. The molecule has 0 saturated carbocycles. The van der Waals surface area contributed by atoms with Crippen molar-refractivity contribution in [1.82, 2.24) is 10.6 Å². The lowest BCUT2D eigenvalue weighted by Crippen LogP contribution is -2.48. The van der Waals surface area contributed by atoms with Gasteiger partial charge in [0.15, 0.2) is 0 Å². The van der Waals surface area contributed by atoms with Crippen molar-refractivity contribution in [1.29, 1.82) is 0 Å². The predicted molar refractivity (Wildman–Crippen MR) is 83.5 cm³/mol. The number of aliphatic hydroxyl groups excluding tert-OH is 1. The number of carboxylic acid groups (broad SMARTS) is 1. The number of unbranched alkanes of at least 4 members (excludes halogenated alkanes) is 2. The van der Waals surface area contributed by atoms with E-state index in [1.807, 2.05) is 30.3 Å². The first-order valence-electron chi connectivity index (χ1n) is 7.55. The summed E-state index contributed by atoms with van der Waals surface area (Å²) in [6, 6.07) is 9.07. The third kappa shape index (κ3) is 7.68. The number of nitrogens with one attached hydrogen (secondary N) is 2. The zero-order chi connectivity index (χ0) is 15.5. The second-order valence-electron chi connectivity index (χ2n) is 5.22. The Kier molecular flexibility index (Phi) is 8.47. The van der Waals surface area contributed by atoms with E-state index in [1.54, 1.807) is 0 Å². The van der Waals surface area contributed by atoms with Crippen LogP contribution in [0.4, 0.5) is 4.79 Å². The van der Waals surface area contributed by atoms with Gasteiger partial charge in [0.2, 0.25) is 0 Å². The summed E-state index contributed by atoms with van der Waals surface area (Å²) in [5, 5.41) is 24.7. The molecule has 5 nitrogen and oxygen atoms in total. The Morgan fingerprint density at radius 3 is 2.57 bits per heavy atom. The highest BCUT2D eigenvalue weighted by molar-refractivity contribution is 5.65. The van der Waals surface area contributed by atoms with Crippen LogP contribution in [0.2, 0.25) is 0 Å². The molecule has 1 amide bonds. The first-order valence-corrected chi connectivity index (χ1v) is 7.55. The quantitative estimate of drug-likeness (QED) is 0.498. The minimum absolute atomic E-state index is 0.390. The molecule has 2 atom stereocenters. The van der Waals surface area contributed by atoms with Gasteiger partial charge in [-0.15, -0.1) is 0 Å². The first kappa shape index (κ1) is 17.5. The van der Waals surface area contributed by atoms with Gasteiger partial charge < -0.3 is 20.8 Å². The zero-order valence-electron chi connectivity index (χ0n) is 12.6. The summed E-state index contributed by atoms with van der Waals surface area (Å²) in [7, 11) is 0. The van der Waals surface area contributed by atoms with Crippen LogP contribution < -0.4 is 10.6 Å². The lowest BCUT2D eigenvalue weighted by molar-refractivity contribution is 0.118. The number of carbonyl (C=O) groups is 1. The molecule has 1 aromatic carbocycles. The fourth-order valence-electron chi connectivity index (χ4n) is 2.20. The molecule has 1 aromatic rings. The third-order valence-electron chi connectivity index (χ3n) is 3.38. The maximum atomic E-state index is 10.9. The lowest BCUT2D eigenvalue weighted by atomic mass is 10.0. The molecule has 0 fully saturated rings. The number of amides is 1. The largest absolute Gasteiger partial charge is 0.465 e. The molecule has 0 saturated heterocycles. The van der Waals surface area contributed by atoms with E-state index in [4.69, 9.17) is 5.11 Å². The van der Waals surface area contributed by atoms with Crippen LogP contribution in [0.5, 0.6) is 0 Å². The highest BCUT2D eigenvalue weighted by Gasteiger charge is 2.21. The minimum atomic E-state index is -1.11. The van der Waals surface area contributed by atoms with Crippen LogP contribution >= 0.6 is 0 Å². The third-order valence-corrected chi connectivity index (χ3v) is 3.38. The van der Waals surface area contributed by atoms with Gasteiger partial charge in [0.25, 0.3) is 0 Å². The Labute approximate surface area is 126 Å². The van der Waals surface area contributed by atoms with Gasteiger partial charge in [-0.1, -0.05) is 50.1 Å². The monoisotopic (exact) mass is 294 g/mol. The average molecular weight is 294 g/mol. The minimum Gasteiger partial charge on any atom is -0.465 e. The molecule has 1 rings (SSSR count). The maximum absolute atomic E-state index is 10.9. The molecule has 21 heavy (non-hydrogen) atoms. The first-order chi connectivity index (χ1) is 10.1. The molecule has 0 radical (unpaired) electrons. The summed E-state index contributed by atoms with van der Waals surface area (Å²) >= 11 is 0. The van der Waals surface area contributed by atoms with Crippen LogP contribution in [0.1, 0.15) is 31.7 Å². The molecule has 4 N–H and O–H groups in total. The number of rotatable bonds is 10. The molecule has 5 heteroatoms. The van der Waals surface area contributed by atoms with E-state index < -0.39 is 18.2 Å². The van der Waals surface area contributed by atoms with Crippen molar-refractivity contribution in [3.8, 4) is 0 Å². The standard InChI is InChI=1S/C16H26N2O3/c1-2-3-7-10-17-12-15(19)14(18-16(20)21)11-13-8-5-4-6-9-13/h4-6,8-9,14-15,17-19H,2-3,7,10-12H2,1H3,(H,20,21)/t14-,15-/m0/s1. The molecular weight excluding hydrogens is 268 g/mol. The molecule has 0 unspecified atom stereocenters. The molecule has 0 aliphatic heterocycles. The van der Waals surface area contributed by atoms with Crippen molar-refractivity contribution >= 4 is 6.09 Å². The van der Waals surface area contributed by atoms with Crippen LogP contribution in [0, 0.1) is 0 Å². The van der Waals surface area contributed by atoms with Crippen LogP contribution in [-0.2, 0) is 6.42 Å². The molecule has 0 aliphatic carbocycles. The van der Waals surface area contributed by atoms with E-state index in [9.17, 15) is 9.90 Å². The summed E-state index contributed by atoms with van der Waals surface area (Å²) in [6.07, 6.45) is 2.00. The van der Waals surface area contributed by atoms with E-state index in [0.717, 1.165) is 31.4 Å². The Hall–Kier alpha value is -1.59. The topological polar surface area (TPSA) is 81.6 Å². The average Bonchev–Trinajstić information content (AvgIpc) is 2.47. The van der Waals surface area contributed by atoms with Crippen LogP contribution in [0.25, 0.3) is 0 Å². The van der Waals surface area contributed by atoms with Gasteiger partial charge in [-0.25, -0.2) is 4.79 Å². The molecule has 0 bridgehead atoms. The fraction of sp³-hybridized carbons (Fsp3) is 0.562. The molecular formula is C16H26N2O3. The highest BCUT2D eigenvalue weighted by atomic mass is 16.4. The Balaban J connectivity index is 2.46. The van der Waals surface area contributed by atoms with E-state index in [1.165, 1.54) is 0 Å². The maximum Gasteiger partial charge on any atom is 0.404 e. The summed E-state index contributed by atoms with van der Waals surface area (Å²) < 4.78 is 0. The van der Waals surface area contributed by atoms with Crippen LogP contribution in [-0.4, -0.2) is 41.5 Å². The van der Waals surface area contributed by atoms with Gasteiger partial charge >= 0.3 is 6.09 Å². The van der Waals surface area contributed by atoms with E-state index in [2.05, 4.69) is 17.6 Å². The number of benzene rings is 1. The van der Waals surface area contributed by atoms with Gasteiger partial charge in [0.1, 0.15) is 0 Å². The molecule has 0 spiro atoms. The Bertz CT molecular complexity index is 398. The van der Waals surface area contributed by atoms with Crippen LogP contribution in [0.15, 0.2) is 30.3 Å². The molecule has 0 aliphatic rings. The molecule has 0 heterocycles. The Morgan fingerprint density at radius 1 is 1.24 bits per heavy atom. The Morgan fingerprint density at radius 2 is 1.95 bits per heavy atom. The summed E-state index contributed by atoms with van der Waals surface area (Å²) in [4.78, 5) is 10.9. The van der Waals surface area contributed by atoms with E-state index in [-0.39, 0.29) is 0 Å². The molecule has 118 valence electrons. The van der Waals surface area contributed by atoms with Gasteiger partial charge in [-0.3, -0.25) is 0 Å². The van der Waals surface area contributed by atoms with Crippen molar-refractivity contribution < 1.29 is 15.0 Å². The van der Waals surface area contributed by atoms with Crippen molar-refractivity contribution in [2.24, 2.45) is 0 Å². The van der Waals surface area contributed by atoms with Crippen LogP contribution in [0.3, 0.4) is 0 Å². The van der Waals surface area contributed by atoms with Crippen molar-refractivity contribution in [2.75, 3.05) is 13.1 Å². The summed E-state index contributed by atoms with van der Waals surface area (Å²) in [6.45, 7) is 3.37. The SMILES string of the molecule is CCCCCNC[C@H](O)[C@H](Cc1ccccc1)NC(=O)O. The predicted octanol–water partition coefficient (Wildman–Crippen LogP) is 2.01. The van der Waals surface area contributed by atoms with Gasteiger partial charge in [-0.2, -0.15) is 0 Å². The second kappa shape index (κ2) is 10.2. The van der Waals surface area contributed by atoms with Crippen molar-refractivity contribution in [3.63, 3.8) is 0 Å². The fourth-order valence-corrected chi connectivity index (χ4v) is 2.20. The van der Waals surface area contributed by atoms with Gasteiger partial charge in [-0.05, 0) is 24.9 Å². The highest BCUT2D eigenvalue weighted by Crippen LogP contribution is 2.06. The summed E-state index contributed by atoms with van der Waals surface area (Å²) in [5.41, 5.74) is 1.00. The van der Waals surface area contributed by atoms with Crippen molar-refractivity contribution in [2.45, 2.75) is 44.8 Å². The molecule has 0 aromatic heterocycles. The number of hydrogen-bond donors (Lipinski definition) is 4. The normalized spacial score (nSPS) is 13.6. The van der Waals surface area contributed by atoms with E-state index in [0.29, 0.717) is 13.0 Å². The van der Waals surface area contributed by atoms with Gasteiger partial charge in [0, 0.05) is 6.54 Å². The summed E-state index contributed by atoms with van der Waals surface area (Å²) in [5.74, 6) is 0. The van der Waals surface area contributed by atoms with E-state index >= 15 is 0 Å². The lowest BCUT2D eigenvalue weighted by Gasteiger charge is -2.23. The number of aliphatic hydroxyl groups is 1. The van der Waals surface area contributed by atoms with Gasteiger partial charge in [0.05, 0.1) is 12.1 Å². The number of hydrogen-bond acceptors (Lipinski definition) is 3. The smallest absolute Gasteiger partial charge is 0.404 e.